The molecule has 0 radical (unpaired) electrons. The molecule has 2 aromatic carbocycles. The lowest BCUT2D eigenvalue weighted by Crippen LogP contribution is -2.19. The minimum Gasteiger partial charge on any atom is -0.507 e. The highest BCUT2D eigenvalue weighted by atomic mass is 16.6. The van der Waals surface area contributed by atoms with Crippen molar-refractivity contribution >= 4 is 17.3 Å². The molecule has 1 aromatic heterocycles. The first kappa shape index (κ1) is 18.7. The number of hydrazone groups is 1. The average molecular weight is 380 g/mol. The van der Waals surface area contributed by atoms with Crippen molar-refractivity contribution in [3.63, 3.8) is 0 Å². The number of rotatable bonds is 5. The number of hydrogen-bond acceptors (Lipinski definition) is 7. The Hall–Kier alpha value is -4.08. The number of phenols is 1. The van der Waals surface area contributed by atoms with E-state index in [1.165, 1.54) is 28.9 Å². The summed E-state index contributed by atoms with van der Waals surface area (Å²) in [5.74, 6) is -0.721. The average Bonchev–Trinajstić information content (AvgIpc) is 3.07. The van der Waals surface area contributed by atoms with Gasteiger partial charge in [0.2, 0.25) is 0 Å². The summed E-state index contributed by atoms with van der Waals surface area (Å²) in [4.78, 5) is 22.6. The number of para-hydroxylation sites is 1. The molecule has 0 aliphatic rings. The van der Waals surface area contributed by atoms with Crippen molar-refractivity contribution in [1.82, 2.24) is 20.4 Å². The lowest BCUT2D eigenvalue weighted by atomic mass is 10.2. The van der Waals surface area contributed by atoms with Crippen molar-refractivity contribution in [3.05, 3.63) is 75.6 Å². The molecule has 0 spiro atoms. The monoisotopic (exact) mass is 380 g/mol. The largest absolute Gasteiger partial charge is 0.507 e. The van der Waals surface area contributed by atoms with Crippen LogP contribution in [0.2, 0.25) is 0 Å². The number of non-ortho nitro benzene ring substituents is 1. The molecule has 0 saturated carbocycles. The molecule has 1 amide bonds. The summed E-state index contributed by atoms with van der Waals surface area (Å²) in [6.45, 7) is 3.37. The van der Waals surface area contributed by atoms with E-state index in [9.17, 15) is 20.0 Å². The van der Waals surface area contributed by atoms with Crippen molar-refractivity contribution in [2.75, 3.05) is 0 Å². The number of phenolic OH excluding ortho intramolecular Hbond substituents is 1. The van der Waals surface area contributed by atoms with Gasteiger partial charge >= 0.3 is 0 Å². The third kappa shape index (κ3) is 3.70. The molecule has 0 saturated heterocycles. The van der Waals surface area contributed by atoms with E-state index in [4.69, 9.17) is 0 Å². The van der Waals surface area contributed by atoms with Gasteiger partial charge in [-0.15, -0.1) is 5.10 Å². The molecule has 0 unspecified atom stereocenters. The number of aromatic nitrogens is 3. The van der Waals surface area contributed by atoms with Gasteiger partial charge < -0.3 is 5.11 Å². The quantitative estimate of drug-likeness (QED) is 0.396. The van der Waals surface area contributed by atoms with E-state index < -0.39 is 10.8 Å². The fraction of sp³-hybridized carbons (Fsp3) is 0.111. The Morgan fingerprint density at radius 2 is 2.00 bits per heavy atom. The van der Waals surface area contributed by atoms with E-state index in [2.05, 4.69) is 20.8 Å². The van der Waals surface area contributed by atoms with Gasteiger partial charge in [0.1, 0.15) is 11.4 Å². The van der Waals surface area contributed by atoms with Gasteiger partial charge in [-0.2, -0.15) is 5.10 Å². The topological polar surface area (TPSA) is 136 Å². The first-order chi connectivity index (χ1) is 13.4. The van der Waals surface area contributed by atoms with E-state index in [1.54, 1.807) is 38.1 Å². The molecule has 2 N–H and O–H groups in total. The van der Waals surface area contributed by atoms with E-state index in [0.717, 1.165) is 0 Å². The number of carbonyl (C=O) groups excluding carboxylic acids is 1. The van der Waals surface area contributed by atoms with Crippen LogP contribution in [0.15, 0.2) is 53.6 Å². The van der Waals surface area contributed by atoms with Crippen LogP contribution in [0.1, 0.15) is 28.7 Å². The van der Waals surface area contributed by atoms with Crippen molar-refractivity contribution in [1.29, 1.82) is 0 Å². The number of carbonyl (C=O) groups is 1. The Balaban J connectivity index is 1.84. The summed E-state index contributed by atoms with van der Waals surface area (Å²) >= 11 is 0. The van der Waals surface area contributed by atoms with Crippen LogP contribution in [0.5, 0.6) is 5.75 Å². The first-order valence-corrected chi connectivity index (χ1v) is 8.18. The van der Waals surface area contributed by atoms with Crippen LogP contribution in [0.3, 0.4) is 0 Å². The summed E-state index contributed by atoms with van der Waals surface area (Å²) in [5.41, 5.74) is 4.28. The summed E-state index contributed by atoms with van der Waals surface area (Å²) in [6.07, 6.45) is 0. The van der Waals surface area contributed by atoms with Crippen molar-refractivity contribution in [3.8, 4) is 11.4 Å². The third-order valence-corrected chi connectivity index (χ3v) is 4.00. The number of nitrogens with zero attached hydrogens (tertiary/aromatic N) is 5. The molecule has 10 heteroatoms. The van der Waals surface area contributed by atoms with Crippen molar-refractivity contribution in [2.45, 2.75) is 13.8 Å². The Labute approximate surface area is 159 Å². The van der Waals surface area contributed by atoms with Gasteiger partial charge in [-0.3, -0.25) is 14.9 Å². The SMILES string of the molecule is C/C(=N\NC(=O)c1ccccc1O)c1nnn(-c2cccc([N+](=O)[O-])c2)c1C. The second kappa shape index (κ2) is 7.66. The van der Waals surface area contributed by atoms with Crippen LogP contribution >= 0.6 is 0 Å². The molecule has 3 aromatic rings. The fourth-order valence-corrected chi connectivity index (χ4v) is 2.56. The maximum absolute atomic E-state index is 12.1. The van der Waals surface area contributed by atoms with Gasteiger partial charge in [-0.05, 0) is 32.0 Å². The van der Waals surface area contributed by atoms with Crippen LogP contribution in [0, 0.1) is 17.0 Å². The summed E-state index contributed by atoms with van der Waals surface area (Å²) < 4.78 is 1.45. The number of nitro benzene ring substituents is 1. The molecule has 28 heavy (non-hydrogen) atoms. The van der Waals surface area contributed by atoms with Crippen LogP contribution in [0.25, 0.3) is 5.69 Å². The zero-order valence-corrected chi connectivity index (χ0v) is 15.0. The molecule has 142 valence electrons. The van der Waals surface area contributed by atoms with E-state index in [0.29, 0.717) is 22.8 Å². The number of benzene rings is 2. The molecule has 0 atom stereocenters. The predicted molar refractivity (Wildman–Crippen MR) is 101 cm³/mol. The van der Waals surface area contributed by atoms with Crippen LogP contribution in [-0.2, 0) is 0 Å². The number of nitro groups is 1. The van der Waals surface area contributed by atoms with Gasteiger partial charge in [-0.25, -0.2) is 10.1 Å². The van der Waals surface area contributed by atoms with Gasteiger partial charge in [0, 0.05) is 12.1 Å². The van der Waals surface area contributed by atoms with Crippen molar-refractivity contribution in [2.24, 2.45) is 5.10 Å². The highest BCUT2D eigenvalue weighted by Crippen LogP contribution is 2.19. The molecular formula is C18H16N6O4. The van der Waals surface area contributed by atoms with Crippen molar-refractivity contribution < 1.29 is 14.8 Å². The Morgan fingerprint density at radius 3 is 2.71 bits per heavy atom. The molecular weight excluding hydrogens is 364 g/mol. The number of amides is 1. The lowest BCUT2D eigenvalue weighted by Gasteiger charge is -2.05. The van der Waals surface area contributed by atoms with Gasteiger partial charge in [-0.1, -0.05) is 23.4 Å². The molecule has 0 fully saturated rings. The standard InChI is InChI=1S/C18H16N6O4/c1-11(19-21-18(26)15-8-3-4-9-16(15)25)17-12(2)23(22-20-17)13-6-5-7-14(10-13)24(27)28/h3-10,25H,1-2H3,(H,21,26)/b19-11+. The fourth-order valence-electron chi connectivity index (χ4n) is 2.56. The summed E-state index contributed by atoms with van der Waals surface area (Å²) in [5, 5.41) is 32.7. The summed E-state index contributed by atoms with van der Waals surface area (Å²) in [7, 11) is 0. The third-order valence-electron chi connectivity index (χ3n) is 4.00. The highest BCUT2D eigenvalue weighted by molar-refractivity contribution is 6.01. The molecule has 1 heterocycles. The van der Waals surface area contributed by atoms with Gasteiger partial charge in [0.25, 0.3) is 11.6 Å². The molecule has 0 aliphatic carbocycles. The maximum atomic E-state index is 12.1. The van der Waals surface area contributed by atoms with E-state index in [1.807, 2.05) is 0 Å². The van der Waals surface area contributed by atoms with Gasteiger partial charge in [0.05, 0.1) is 27.6 Å². The lowest BCUT2D eigenvalue weighted by molar-refractivity contribution is -0.384. The minimum absolute atomic E-state index is 0.0609. The van der Waals surface area contributed by atoms with Crippen LogP contribution in [0.4, 0.5) is 5.69 Å². The zero-order valence-electron chi connectivity index (χ0n) is 15.0. The zero-order chi connectivity index (χ0) is 20.3. The Bertz CT molecular complexity index is 1090. The summed E-state index contributed by atoms with van der Waals surface area (Å²) in [6, 6.07) is 12.1. The van der Waals surface area contributed by atoms with E-state index >= 15 is 0 Å². The molecule has 0 bridgehead atoms. The Kier molecular flexibility index (Phi) is 5.12. The normalized spacial score (nSPS) is 11.3. The maximum Gasteiger partial charge on any atom is 0.275 e. The van der Waals surface area contributed by atoms with Crippen LogP contribution < -0.4 is 5.43 Å². The number of hydrogen-bond donors (Lipinski definition) is 2. The van der Waals surface area contributed by atoms with E-state index in [-0.39, 0.29) is 17.0 Å². The van der Waals surface area contributed by atoms with Gasteiger partial charge in [0.15, 0.2) is 0 Å². The van der Waals surface area contributed by atoms with Crippen LogP contribution in [-0.4, -0.2) is 36.6 Å². The second-order valence-corrected chi connectivity index (χ2v) is 5.87. The highest BCUT2D eigenvalue weighted by Gasteiger charge is 2.16. The minimum atomic E-state index is -0.568. The molecule has 10 nitrogen and oxygen atoms in total. The molecule has 3 rings (SSSR count). The smallest absolute Gasteiger partial charge is 0.275 e. The number of nitrogens with one attached hydrogen (secondary N) is 1. The second-order valence-electron chi connectivity index (χ2n) is 5.87. The first-order valence-electron chi connectivity index (χ1n) is 8.18. The number of aromatic hydroxyl groups is 1. The predicted octanol–water partition coefficient (Wildman–Crippen LogP) is 2.34. The Morgan fingerprint density at radius 1 is 1.25 bits per heavy atom. The molecule has 0 aliphatic heterocycles.